The standard InChI is InChI=1S/C25H29N3O3/c1-18-11-13-28(14-12-18)24(29)23(15-20-16-26-22-10-6-5-9-21(20)22)27-25(30)31-17-19-7-3-2-4-8-19/h2-10,16,18,23,26H,11-15,17H2,1H3,(H,27,30). The number of hydrogen-bond acceptors (Lipinski definition) is 3. The van der Waals surface area contributed by atoms with Gasteiger partial charge in [0.25, 0.3) is 0 Å². The molecule has 1 atom stereocenters. The van der Waals surface area contributed by atoms with Crippen molar-refractivity contribution in [2.75, 3.05) is 13.1 Å². The summed E-state index contributed by atoms with van der Waals surface area (Å²) < 4.78 is 5.39. The van der Waals surface area contributed by atoms with Gasteiger partial charge in [-0.25, -0.2) is 4.79 Å². The first-order valence-electron chi connectivity index (χ1n) is 10.9. The van der Waals surface area contributed by atoms with Crippen LogP contribution >= 0.6 is 0 Å². The lowest BCUT2D eigenvalue weighted by molar-refractivity contribution is -0.134. The number of fused-ring (bicyclic) bond motifs is 1. The quantitative estimate of drug-likeness (QED) is 0.627. The zero-order valence-electron chi connectivity index (χ0n) is 17.8. The molecule has 162 valence electrons. The fourth-order valence-corrected chi connectivity index (χ4v) is 4.08. The lowest BCUT2D eigenvalue weighted by atomic mass is 9.97. The van der Waals surface area contributed by atoms with E-state index in [2.05, 4.69) is 17.2 Å². The molecule has 1 aromatic heterocycles. The molecule has 1 aliphatic rings. The average molecular weight is 420 g/mol. The Balaban J connectivity index is 1.47. The Morgan fingerprint density at radius 1 is 1.10 bits per heavy atom. The molecule has 31 heavy (non-hydrogen) atoms. The molecule has 4 rings (SSSR count). The van der Waals surface area contributed by atoms with Gasteiger partial charge in [-0.05, 0) is 36.0 Å². The van der Waals surface area contributed by atoms with Crippen molar-refractivity contribution < 1.29 is 14.3 Å². The van der Waals surface area contributed by atoms with E-state index in [1.54, 1.807) is 0 Å². The first-order valence-corrected chi connectivity index (χ1v) is 10.9. The van der Waals surface area contributed by atoms with Gasteiger partial charge in [0.2, 0.25) is 5.91 Å². The molecule has 2 N–H and O–H groups in total. The molecular weight excluding hydrogens is 390 g/mol. The highest BCUT2D eigenvalue weighted by atomic mass is 16.5. The summed E-state index contributed by atoms with van der Waals surface area (Å²) in [6.07, 6.45) is 3.73. The van der Waals surface area contributed by atoms with Crippen molar-refractivity contribution in [2.45, 2.75) is 38.8 Å². The summed E-state index contributed by atoms with van der Waals surface area (Å²) in [5.41, 5.74) is 2.92. The van der Waals surface area contributed by atoms with Crippen LogP contribution in [-0.4, -0.2) is 41.0 Å². The van der Waals surface area contributed by atoms with Gasteiger partial charge in [-0.3, -0.25) is 4.79 Å². The van der Waals surface area contributed by atoms with Crippen LogP contribution in [0.1, 0.15) is 30.9 Å². The third kappa shape index (κ3) is 5.26. The normalized spacial score (nSPS) is 15.6. The van der Waals surface area contributed by atoms with Gasteiger partial charge in [-0.1, -0.05) is 55.5 Å². The van der Waals surface area contributed by atoms with Gasteiger partial charge in [0.1, 0.15) is 12.6 Å². The fraction of sp³-hybridized carbons (Fsp3) is 0.360. The highest BCUT2D eigenvalue weighted by Crippen LogP contribution is 2.21. The van der Waals surface area contributed by atoms with Crippen LogP contribution in [-0.2, 0) is 22.6 Å². The van der Waals surface area contributed by atoms with Crippen molar-refractivity contribution in [2.24, 2.45) is 5.92 Å². The molecule has 1 saturated heterocycles. The molecule has 2 amide bonds. The van der Waals surface area contributed by atoms with Crippen LogP contribution in [0.5, 0.6) is 0 Å². The maximum atomic E-state index is 13.3. The second-order valence-corrected chi connectivity index (χ2v) is 8.33. The van der Waals surface area contributed by atoms with Gasteiger partial charge in [-0.15, -0.1) is 0 Å². The first-order chi connectivity index (χ1) is 15.1. The zero-order chi connectivity index (χ0) is 21.6. The van der Waals surface area contributed by atoms with Crippen LogP contribution in [0.2, 0.25) is 0 Å². The van der Waals surface area contributed by atoms with Crippen molar-refractivity contribution >= 4 is 22.9 Å². The molecule has 0 radical (unpaired) electrons. The minimum atomic E-state index is -0.670. The number of aromatic amines is 1. The number of carbonyl (C=O) groups is 2. The third-order valence-electron chi connectivity index (χ3n) is 6.00. The van der Waals surface area contributed by atoms with Crippen molar-refractivity contribution in [3.05, 3.63) is 71.9 Å². The molecule has 1 unspecified atom stereocenters. The maximum absolute atomic E-state index is 13.3. The SMILES string of the molecule is CC1CCN(C(=O)C(Cc2c[nH]c3ccccc23)NC(=O)OCc2ccccc2)CC1. The van der Waals surface area contributed by atoms with E-state index in [-0.39, 0.29) is 12.5 Å². The predicted octanol–water partition coefficient (Wildman–Crippen LogP) is 4.26. The number of piperidine rings is 1. The lowest BCUT2D eigenvalue weighted by Gasteiger charge is -2.33. The Morgan fingerprint density at radius 3 is 2.58 bits per heavy atom. The molecule has 2 aromatic carbocycles. The number of alkyl carbamates (subject to hydrolysis) is 1. The summed E-state index contributed by atoms with van der Waals surface area (Å²) in [5, 5.41) is 3.89. The van der Waals surface area contributed by atoms with Gasteiger partial charge < -0.3 is 19.9 Å². The molecule has 3 aromatic rings. The Morgan fingerprint density at radius 2 is 1.81 bits per heavy atom. The molecular formula is C25H29N3O3. The molecule has 0 bridgehead atoms. The van der Waals surface area contributed by atoms with Crippen molar-refractivity contribution in [3.8, 4) is 0 Å². The molecule has 1 aliphatic heterocycles. The number of H-pyrrole nitrogens is 1. The Labute approximate surface area is 182 Å². The van der Waals surface area contributed by atoms with E-state index in [4.69, 9.17) is 4.74 Å². The highest BCUT2D eigenvalue weighted by Gasteiger charge is 2.29. The first kappa shape index (κ1) is 21.0. The van der Waals surface area contributed by atoms with Gasteiger partial charge in [0.05, 0.1) is 0 Å². The van der Waals surface area contributed by atoms with Crippen LogP contribution in [0.15, 0.2) is 60.8 Å². The smallest absolute Gasteiger partial charge is 0.408 e. The summed E-state index contributed by atoms with van der Waals surface area (Å²) in [6, 6.07) is 16.8. The third-order valence-corrected chi connectivity index (χ3v) is 6.00. The largest absolute Gasteiger partial charge is 0.445 e. The van der Waals surface area contributed by atoms with E-state index < -0.39 is 12.1 Å². The minimum Gasteiger partial charge on any atom is -0.445 e. The minimum absolute atomic E-state index is 0.0474. The number of rotatable bonds is 6. The van der Waals surface area contributed by atoms with Crippen LogP contribution in [0, 0.1) is 5.92 Å². The fourth-order valence-electron chi connectivity index (χ4n) is 4.08. The average Bonchev–Trinajstić information content (AvgIpc) is 3.21. The van der Waals surface area contributed by atoms with Gasteiger partial charge in [0.15, 0.2) is 0 Å². The predicted molar refractivity (Wildman–Crippen MR) is 121 cm³/mol. The second kappa shape index (κ2) is 9.69. The Hall–Kier alpha value is -3.28. The Kier molecular flexibility index (Phi) is 6.55. The van der Waals surface area contributed by atoms with Gasteiger partial charge in [-0.2, -0.15) is 0 Å². The summed E-state index contributed by atoms with van der Waals surface area (Å²) >= 11 is 0. The number of carbonyl (C=O) groups excluding carboxylic acids is 2. The van der Waals surface area contributed by atoms with E-state index in [1.165, 1.54) is 0 Å². The van der Waals surface area contributed by atoms with Crippen molar-refractivity contribution in [3.63, 3.8) is 0 Å². The molecule has 0 aliphatic carbocycles. The monoisotopic (exact) mass is 419 g/mol. The van der Waals surface area contributed by atoms with Crippen molar-refractivity contribution in [1.82, 2.24) is 15.2 Å². The van der Waals surface area contributed by atoms with Crippen LogP contribution in [0.4, 0.5) is 4.79 Å². The number of hydrogen-bond donors (Lipinski definition) is 2. The van der Waals surface area contributed by atoms with E-state index >= 15 is 0 Å². The molecule has 2 heterocycles. The molecule has 0 spiro atoms. The summed E-state index contributed by atoms with van der Waals surface area (Å²) in [7, 11) is 0. The topological polar surface area (TPSA) is 74.4 Å². The highest BCUT2D eigenvalue weighted by molar-refractivity contribution is 5.88. The summed E-state index contributed by atoms with van der Waals surface area (Å²) in [4.78, 5) is 31.0. The van der Waals surface area contributed by atoms with E-state index in [1.807, 2.05) is 65.7 Å². The van der Waals surface area contributed by atoms with Gasteiger partial charge in [0, 0.05) is 36.6 Å². The number of benzene rings is 2. The number of aromatic nitrogens is 1. The van der Waals surface area contributed by atoms with Crippen LogP contribution in [0.25, 0.3) is 10.9 Å². The number of nitrogens with zero attached hydrogens (tertiary/aromatic N) is 1. The number of likely N-dealkylation sites (tertiary alicyclic amines) is 1. The number of nitrogens with one attached hydrogen (secondary N) is 2. The maximum Gasteiger partial charge on any atom is 0.408 e. The number of amides is 2. The van der Waals surface area contributed by atoms with E-state index in [0.717, 1.165) is 48.0 Å². The molecule has 6 heteroatoms. The van der Waals surface area contributed by atoms with Gasteiger partial charge >= 0.3 is 6.09 Å². The molecule has 1 fully saturated rings. The second-order valence-electron chi connectivity index (χ2n) is 8.33. The number of ether oxygens (including phenoxy) is 1. The van der Waals surface area contributed by atoms with Crippen molar-refractivity contribution in [1.29, 1.82) is 0 Å². The van der Waals surface area contributed by atoms with Crippen LogP contribution in [0.3, 0.4) is 0 Å². The summed E-state index contributed by atoms with van der Waals surface area (Å²) in [5.74, 6) is 0.578. The lowest BCUT2D eigenvalue weighted by Crippen LogP contribution is -2.51. The molecule has 6 nitrogen and oxygen atoms in total. The number of para-hydroxylation sites is 1. The summed E-state index contributed by atoms with van der Waals surface area (Å²) in [6.45, 7) is 3.84. The zero-order valence-corrected chi connectivity index (χ0v) is 17.8. The molecule has 0 saturated carbocycles. The van der Waals surface area contributed by atoms with E-state index in [9.17, 15) is 9.59 Å². The Bertz CT molecular complexity index is 1020. The van der Waals surface area contributed by atoms with Crippen LogP contribution < -0.4 is 5.32 Å². The van der Waals surface area contributed by atoms with E-state index in [0.29, 0.717) is 12.3 Å².